The lowest BCUT2D eigenvalue weighted by Crippen LogP contribution is -2.35. The number of Topliss-reactive ketones (excluding diaryl/α,β-unsaturated/α-hetero) is 1. The van der Waals surface area contributed by atoms with E-state index in [-0.39, 0.29) is 31.3 Å². The third-order valence-corrected chi connectivity index (χ3v) is 3.61. The highest BCUT2D eigenvalue weighted by molar-refractivity contribution is 5.99. The molecular weight excluding hydrogens is 286 g/mol. The number of fused-ring (bicyclic) bond motifs is 1. The predicted molar refractivity (Wildman–Crippen MR) is 79.9 cm³/mol. The van der Waals surface area contributed by atoms with Crippen LogP contribution in [-0.2, 0) is 25.5 Å². The van der Waals surface area contributed by atoms with Crippen LogP contribution in [0.3, 0.4) is 0 Å². The highest BCUT2D eigenvalue weighted by atomic mass is 16.5. The number of benzene rings is 1. The van der Waals surface area contributed by atoms with Gasteiger partial charge in [-0.1, -0.05) is 6.07 Å². The average Bonchev–Trinajstić information content (AvgIpc) is 2.48. The van der Waals surface area contributed by atoms with Gasteiger partial charge in [0.2, 0.25) is 0 Å². The van der Waals surface area contributed by atoms with E-state index in [1.807, 2.05) is 0 Å². The fourth-order valence-electron chi connectivity index (χ4n) is 2.32. The largest absolute Gasteiger partial charge is 0.482 e. The van der Waals surface area contributed by atoms with Crippen molar-refractivity contribution in [3.05, 3.63) is 23.8 Å². The maximum absolute atomic E-state index is 11.9. The second-order valence-electron chi connectivity index (χ2n) is 5.16. The van der Waals surface area contributed by atoms with Gasteiger partial charge >= 0.3 is 5.97 Å². The summed E-state index contributed by atoms with van der Waals surface area (Å²) in [6.07, 6.45) is 0.240. The van der Waals surface area contributed by atoms with Crippen molar-refractivity contribution in [2.45, 2.75) is 20.3 Å². The van der Waals surface area contributed by atoms with Crippen LogP contribution in [0.5, 0.6) is 5.75 Å². The summed E-state index contributed by atoms with van der Waals surface area (Å²) >= 11 is 0. The van der Waals surface area contributed by atoms with E-state index in [0.29, 0.717) is 11.4 Å². The lowest BCUT2D eigenvalue weighted by molar-refractivity contribution is -0.151. The molecule has 22 heavy (non-hydrogen) atoms. The molecule has 0 saturated carbocycles. The normalized spacial score (nSPS) is 14.9. The van der Waals surface area contributed by atoms with Crippen molar-refractivity contribution in [1.29, 1.82) is 0 Å². The van der Waals surface area contributed by atoms with E-state index < -0.39 is 11.9 Å². The van der Waals surface area contributed by atoms with Gasteiger partial charge in [-0.3, -0.25) is 14.4 Å². The molecule has 1 amide bonds. The van der Waals surface area contributed by atoms with Gasteiger partial charge in [-0.05, 0) is 38.0 Å². The van der Waals surface area contributed by atoms with Crippen molar-refractivity contribution in [1.82, 2.24) is 0 Å². The van der Waals surface area contributed by atoms with Crippen LogP contribution in [0.4, 0.5) is 5.69 Å². The van der Waals surface area contributed by atoms with Crippen LogP contribution in [0.25, 0.3) is 0 Å². The Morgan fingerprint density at radius 2 is 2.14 bits per heavy atom. The first-order chi connectivity index (χ1) is 10.4. The van der Waals surface area contributed by atoms with Gasteiger partial charge < -0.3 is 14.4 Å². The Hall–Kier alpha value is -2.37. The van der Waals surface area contributed by atoms with E-state index in [9.17, 15) is 14.4 Å². The number of ether oxygens (including phenoxy) is 2. The summed E-state index contributed by atoms with van der Waals surface area (Å²) in [7, 11) is 1.67. The number of carbonyl (C=O) groups excluding carboxylic acids is 3. The molecule has 6 nitrogen and oxygen atoms in total. The number of amides is 1. The molecule has 1 aromatic carbocycles. The zero-order valence-electron chi connectivity index (χ0n) is 12.9. The van der Waals surface area contributed by atoms with Crippen molar-refractivity contribution in [3.63, 3.8) is 0 Å². The number of ketones is 1. The van der Waals surface area contributed by atoms with E-state index >= 15 is 0 Å². The van der Waals surface area contributed by atoms with Gasteiger partial charge in [-0.15, -0.1) is 0 Å². The van der Waals surface area contributed by atoms with E-state index in [2.05, 4.69) is 0 Å². The molecule has 0 aromatic heterocycles. The average molecular weight is 305 g/mol. The van der Waals surface area contributed by atoms with Gasteiger partial charge in [0.15, 0.2) is 6.61 Å². The summed E-state index contributed by atoms with van der Waals surface area (Å²) in [6, 6.07) is 5.30. The number of anilines is 1. The molecular formula is C16H19NO5. The van der Waals surface area contributed by atoms with E-state index in [4.69, 9.17) is 9.47 Å². The number of rotatable bonds is 5. The number of nitrogens with zero attached hydrogens (tertiary/aromatic N) is 1. The smallest absolute Gasteiger partial charge is 0.316 e. The second kappa shape index (κ2) is 6.60. The van der Waals surface area contributed by atoms with E-state index in [0.717, 1.165) is 5.56 Å². The van der Waals surface area contributed by atoms with Crippen molar-refractivity contribution < 1.29 is 23.9 Å². The fraction of sp³-hybridized carbons (Fsp3) is 0.438. The highest BCUT2D eigenvalue weighted by Crippen LogP contribution is 2.32. The minimum absolute atomic E-state index is 0.0156. The third kappa shape index (κ3) is 3.27. The Morgan fingerprint density at radius 1 is 1.41 bits per heavy atom. The van der Waals surface area contributed by atoms with E-state index in [1.165, 1.54) is 11.8 Å². The first kappa shape index (κ1) is 16.0. The van der Waals surface area contributed by atoms with Crippen LogP contribution in [0.15, 0.2) is 18.2 Å². The van der Waals surface area contributed by atoms with Crippen LogP contribution in [0.1, 0.15) is 19.4 Å². The molecule has 0 saturated heterocycles. The number of carbonyl (C=O) groups is 3. The van der Waals surface area contributed by atoms with Gasteiger partial charge in [0.1, 0.15) is 17.5 Å². The Kier molecular flexibility index (Phi) is 4.80. The van der Waals surface area contributed by atoms with Crippen molar-refractivity contribution in [2.24, 2.45) is 5.92 Å². The molecule has 0 N–H and O–H groups in total. The summed E-state index contributed by atoms with van der Waals surface area (Å²) < 4.78 is 10.3. The fourth-order valence-corrected chi connectivity index (χ4v) is 2.32. The quantitative estimate of drug-likeness (QED) is 0.606. The summed E-state index contributed by atoms with van der Waals surface area (Å²) in [4.78, 5) is 36.7. The molecule has 1 aromatic rings. The maximum Gasteiger partial charge on any atom is 0.316 e. The van der Waals surface area contributed by atoms with Crippen molar-refractivity contribution in [3.8, 4) is 5.75 Å². The molecule has 118 valence electrons. The number of likely N-dealkylation sites (N-methyl/N-ethyl adjacent to an activating group) is 1. The van der Waals surface area contributed by atoms with Gasteiger partial charge in [-0.25, -0.2) is 0 Å². The Morgan fingerprint density at radius 3 is 2.77 bits per heavy atom. The molecule has 1 aliphatic rings. The van der Waals surface area contributed by atoms with Crippen molar-refractivity contribution in [2.75, 3.05) is 25.2 Å². The van der Waals surface area contributed by atoms with Crippen LogP contribution in [0.2, 0.25) is 0 Å². The lowest BCUT2D eigenvalue weighted by atomic mass is 9.95. The summed E-state index contributed by atoms with van der Waals surface area (Å²) in [5, 5.41) is 0. The van der Waals surface area contributed by atoms with E-state index in [1.54, 1.807) is 32.2 Å². The SMILES string of the molecule is CCOC(=O)C(Cc1ccc2c(c1)N(C)C(=O)CO2)C(C)=O. The maximum atomic E-state index is 11.9. The summed E-state index contributed by atoms with van der Waals surface area (Å²) in [6.45, 7) is 3.32. The molecule has 1 aliphatic heterocycles. The first-order valence-electron chi connectivity index (χ1n) is 7.13. The number of hydrogen-bond donors (Lipinski definition) is 0. The van der Waals surface area contributed by atoms with Gasteiger partial charge in [0, 0.05) is 7.05 Å². The molecule has 1 unspecified atom stereocenters. The molecule has 2 rings (SSSR count). The molecule has 1 heterocycles. The lowest BCUT2D eigenvalue weighted by Gasteiger charge is -2.26. The van der Waals surface area contributed by atoms with Crippen LogP contribution < -0.4 is 9.64 Å². The first-order valence-corrected chi connectivity index (χ1v) is 7.13. The Labute approximate surface area is 129 Å². The minimum atomic E-state index is -0.830. The third-order valence-electron chi connectivity index (χ3n) is 3.61. The minimum Gasteiger partial charge on any atom is -0.482 e. The second-order valence-corrected chi connectivity index (χ2v) is 5.16. The van der Waals surface area contributed by atoms with Crippen molar-refractivity contribution >= 4 is 23.3 Å². The highest BCUT2D eigenvalue weighted by Gasteiger charge is 2.27. The van der Waals surface area contributed by atoms with Gasteiger partial charge in [0.25, 0.3) is 5.91 Å². The molecule has 0 aliphatic carbocycles. The summed E-state index contributed by atoms with van der Waals surface area (Å²) in [5.74, 6) is -1.12. The standard InChI is InChI=1S/C16H19NO5/c1-4-21-16(20)12(10(2)18)7-11-5-6-14-13(8-11)17(3)15(19)9-22-14/h5-6,8,12H,4,7,9H2,1-3H3. The molecule has 6 heteroatoms. The summed E-state index contributed by atoms with van der Waals surface area (Å²) in [5.41, 5.74) is 1.41. The molecule has 0 radical (unpaired) electrons. The van der Waals surface area contributed by atoms with Crippen LogP contribution in [-0.4, -0.2) is 37.9 Å². The van der Waals surface area contributed by atoms with Crippen LogP contribution in [0, 0.1) is 5.92 Å². The zero-order chi connectivity index (χ0) is 16.3. The molecule has 1 atom stereocenters. The zero-order valence-corrected chi connectivity index (χ0v) is 12.9. The molecule has 0 bridgehead atoms. The van der Waals surface area contributed by atoms with Crippen LogP contribution >= 0.6 is 0 Å². The molecule has 0 fully saturated rings. The van der Waals surface area contributed by atoms with Gasteiger partial charge in [0.05, 0.1) is 12.3 Å². The number of esters is 1. The van der Waals surface area contributed by atoms with Gasteiger partial charge in [-0.2, -0.15) is 0 Å². The number of hydrogen-bond acceptors (Lipinski definition) is 5. The molecule has 0 spiro atoms. The topological polar surface area (TPSA) is 72.9 Å². The monoisotopic (exact) mass is 305 g/mol. The predicted octanol–water partition coefficient (Wildman–Crippen LogP) is 1.35. The Bertz CT molecular complexity index is 611. The Balaban J connectivity index is 2.24.